The van der Waals surface area contributed by atoms with Crippen molar-refractivity contribution in [3.63, 3.8) is 0 Å². The van der Waals surface area contributed by atoms with Crippen LogP contribution < -0.4 is 0 Å². The van der Waals surface area contributed by atoms with Gasteiger partial charge in [-0.15, -0.1) is 0 Å². The van der Waals surface area contributed by atoms with Crippen LogP contribution in [0.4, 0.5) is 0 Å². The molecule has 4 rings (SSSR count). The lowest BCUT2D eigenvalue weighted by Crippen LogP contribution is -2.44. The highest BCUT2D eigenvalue weighted by Crippen LogP contribution is 2.41. The molecular weight excluding hydrogens is 408 g/mol. The van der Waals surface area contributed by atoms with Crippen molar-refractivity contribution in [1.82, 2.24) is 4.90 Å². The van der Waals surface area contributed by atoms with Gasteiger partial charge in [-0.1, -0.05) is 96.2 Å². The van der Waals surface area contributed by atoms with Gasteiger partial charge in [0, 0.05) is 0 Å². The second-order valence-electron chi connectivity index (χ2n) is 8.98. The standard InChI is InChI=1S/C29H34N2O2/c32-29(25-14-6-2-7-15-25,26-16-8-3-9-17-26)27-19-22-31(23-20-27)21-11-10-18-28(30-33)24-12-4-1-5-13-24/h1-9,12-17,27,32-33H,10-11,18-23H2. The van der Waals surface area contributed by atoms with Crippen LogP contribution in [0.3, 0.4) is 0 Å². The molecule has 0 aromatic heterocycles. The molecule has 33 heavy (non-hydrogen) atoms. The van der Waals surface area contributed by atoms with E-state index in [9.17, 15) is 10.3 Å². The Labute approximate surface area is 197 Å². The Hall–Kier alpha value is -2.95. The average molecular weight is 443 g/mol. The number of benzene rings is 3. The molecule has 1 aliphatic heterocycles. The lowest BCUT2D eigenvalue weighted by molar-refractivity contribution is -0.0143. The zero-order valence-corrected chi connectivity index (χ0v) is 19.2. The Morgan fingerprint density at radius 2 is 1.30 bits per heavy atom. The monoisotopic (exact) mass is 442 g/mol. The molecule has 1 heterocycles. The Balaban J connectivity index is 1.32. The second kappa shape index (κ2) is 11.3. The number of unbranched alkanes of at least 4 members (excludes halogenated alkanes) is 1. The predicted octanol–water partition coefficient (Wildman–Crippen LogP) is 5.68. The van der Waals surface area contributed by atoms with Crippen molar-refractivity contribution < 1.29 is 10.3 Å². The van der Waals surface area contributed by atoms with Crippen LogP contribution in [-0.2, 0) is 5.60 Å². The van der Waals surface area contributed by atoms with Gasteiger partial charge in [0.15, 0.2) is 0 Å². The molecule has 1 fully saturated rings. The highest BCUT2D eigenvalue weighted by atomic mass is 16.4. The van der Waals surface area contributed by atoms with E-state index in [2.05, 4.69) is 10.1 Å². The van der Waals surface area contributed by atoms with Gasteiger partial charge in [-0.2, -0.15) is 0 Å². The first-order valence-corrected chi connectivity index (χ1v) is 12.0. The Kier molecular flexibility index (Phi) is 7.92. The van der Waals surface area contributed by atoms with Gasteiger partial charge in [-0.25, -0.2) is 0 Å². The fourth-order valence-corrected chi connectivity index (χ4v) is 5.11. The summed E-state index contributed by atoms with van der Waals surface area (Å²) in [7, 11) is 0. The number of nitrogens with zero attached hydrogens (tertiary/aromatic N) is 2. The lowest BCUT2D eigenvalue weighted by atomic mass is 9.72. The SMILES string of the molecule is ON=C(CCCCN1CCC(C(O)(c2ccccc2)c2ccccc2)CC1)c1ccccc1. The van der Waals surface area contributed by atoms with Crippen LogP contribution in [0.25, 0.3) is 0 Å². The molecule has 172 valence electrons. The largest absolute Gasteiger partial charge is 0.411 e. The van der Waals surface area contributed by atoms with Gasteiger partial charge < -0.3 is 15.2 Å². The Bertz CT molecular complexity index is 958. The van der Waals surface area contributed by atoms with E-state index in [0.717, 1.165) is 74.1 Å². The van der Waals surface area contributed by atoms with Gasteiger partial charge in [-0.3, -0.25) is 0 Å². The summed E-state index contributed by atoms with van der Waals surface area (Å²) in [5.74, 6) is 0.185. The molecule has 3 aromatic rings. The molecule has 0 atom stereocenters. The van der Waals surface area contributed by atoms with Crippen molar-refractivity contribution in [2.45, 2.75) is 37.7 Å². The summed E-state index contributed by atoms with van der Waals surface area (Å²) in [6.45, 7) is 3.02. The van der Waals surface area contributed by atoms with Gasteiger partial charge in [0.25, 0.3) is 0 Å². The van der Waals surface area contributed by atoms with Crippen molar-refractivity contribution in [2.75, 3.05) is 19.6 Å². The first-order valence-electron chi connectivity index (χ1n) is 12.0. The molecule has 4 nitrogen and oxygen atoms in total. The summed E-state index contributed by atoms with van der Waals surface area (Å²) in [6.07, 6.45) is 4.77. The van der Waals surface area contributed by atoms with Crippen molar-refractivity contribution in [3.8, 4) is 0 Å². The summed E-state index contributed by atoms with van der Waals surface area (Å²) in [6, 6.07) is 30.1. The van der Waals surface area contributed by atoms with Gasteiger partial charge >= 0.3 is 0 Å². The number of rotatable bonds is 9. The zero-order valence-electron chi connectivity index (χ0n) is 19.2. The molecule has 1 aliphatic rings. The normalized spacial score (nSPS) is 16.1. The molecular formula is C29H34N2O2. The number of oxime groups is 1. The predicted molar refractivity (Wildman–Crippen MR) is 134 cm³/mol. The summed E-state index contributed by atoms with van der Waals surface area (Å²) in [5, 5.41) is 24.9. The third-order valence-corrected chi connectivity index (χ3v) is 6.97. The number of likely N-dealkylation sites (tertiary alicyclic amines) is 1. The molecule has 2 N–H and O–H groups in total. The Morgan fingerprint density at radius 3 is 1.82 bits per heavy atom. The van der Waals surface area contributed by atoms with Gasteiger partial charge in [-0.05, 0) is 74.3 Å². The molecule has 0 spiro atoms. The van der Waals surface area contributed by atoms with Gasteiger partial charge in [0.05, 0.1) is 5.71 Å². The van der Waals surface area contributed by atoms with E-state index in [1.165, 1.54) is 0 Å². The first kappa shape index (κ1) is 23.2. The number of piperidine rings is 1. The number of aliphatic hydroxyl groups is 1. The van der Waals surface area contributed by atoms with Crippen LogP contribution in [-0.4, -0.2) is 40.6 Å². The summed E-state index contributed by atoms with van der Waals surface area (Å²) >= 11 is 0. The highest BCUT2D eigenvalue weighted by molar-refractivity contribution is 6.00. The van der Waals surface area contributed by atoms with E-state index in [4.69, 9.17) is 0 Å². The third-order valence-electron chi connectivity index (χ3n) is 6.97. The van der Waals surface area contributed by atoms with Crippen LogP contribution in [0, 0.1) is 5.92 Å². The maximum Gasteiger partial charge on any atom is 0.117 e. The highest BCUT2D eigenvalue weighted by Gasteiger charge is 2.41. The molecule has 4 heteroatoms. The van der Waals surface area contributed by atoms with Crippen LogP contribution in [0.15, 0.2) is 96.2 Å². The minimum absolute atomic E-state index is 0.185. The van der Waals surface area contributed by atoms with Crippen LogP contribution in [0.1, 0.15) is 48.8 Å². The van der Waals surface area contributed by atoms with E-state index in [1.807, 2.05) is 91.0 Å². The quantitative estimate of drug-likeness (QED) is 0.194. The molecule has 0 bridgehead atoms. The van der Waals surface area contributed by atoms with Crippen LogP contribution in [0.5, 0.6) is 0 Å². The number of hydrogen-bond acceptors (Lipinski definition) is 4. The van der Waals surface area contributed by atoms with E-state index in [0.29, 0.717) is 0 Å². The molecule has 1 saturated heterocycles. The number of hydrogen-bond donors (Lipinski definition) is 2. The fraction of sp³-hybridized carbons (Fsp3) is 0.345. The van der Waals surface area contributed by atoms with Crippen LogP contribution in [0.2, 0.25) is 0 Å². The van der Waals surface area contributed by atoms with E-state index < -0.39 is 5.60 Å². The minimum atomic E-state index is -0.962. The second-order valence-corrected chi connectivity index (χ2v) is 8.98. The molecule has 0 saturated carbocycles. The minimum Gasteiger partial charge on any atom is -0.411 e. The summed E-state index contributed by atoms with van der Waals surface area (Å²) in [4.78, 5) is 2.51. The van der Waals surface area contributed by atoms with Gasteiger partial charge in [0.2, 0.25) is 0 Å². The molecule has 0 aliphatic carbocycles. The van der Waals surface area contributed by atoms with Crippen molar-refractivity contribution in [2.24, 2.45) is 11.1 Å². The van der Waals surface area contributed by atoms with Crippen molar-refractivity contribution in [3.05, 3.63) is 108 Å². The van der Waals surface area contributed by atoms with Crippen molar-refractivity contribution >= 4 is 5.71 Å². The van der Waals surface area contributed by atoms with Gasteiger partial charge in [0.1, 0.15) is 5.60 Å². The topological polar surface area (TPSA) is 56.1 Å². The van der Waals surface area contributed by atoms with E-state index in [-0.39, 0.29) is 5.92 Å². The summed E-state index contributed by atoms with van der Waals surface area (Å²) < 4.78 is 0. The maximum absolute atomic E-state index is 12.0. The average Bonchev–Trinajstić information content (AvgIpc) is 2.90. The third kappa shape index (κ3) is 5.52. The Morgan fingerprint density at radius 1 is 0.788 bits per heavy atom. The lowest BCUT2D eigenvalue weighted by Gasteiger charge is -2.42. The fourth-order valence-electron chi connectivity index (χ4n) is 5.11. The molecule has 0 unspecified atom stereocenters. The van der Waals surface area contributed by atoms with E-state index >= 15 is 0 Å². The van der Waals surface area contributed by atoms with Crippen molar-refractivity contribution in [1.29, 1.82) is 0 Å². The smallest absolute Gasteiger partial charge is 0.117 e. The van der Waals surface area contributed by atoms with Crippen LogP contribution >= 0.6 is 0 Å². The summed E-state index contributed by atoms with van der Waals surface area (Å²) in [5.41, 5.74) is 2.74. The zero-order chi connectivity index (χ0) is 22.9. The molecule has 0 radical (unpaired) electrons. The van der Waals surface area contributed by atoms with E-state index in [1.54, 1.807) is 0 Å². The molecule has 3 aromatic carbocycles. The maximum atomic E-state index is 12.0. The molecule has 0 amide bonds. The first-order chi connectivity index (χ1) is 16.2.